The second-order valence-electron chi connectivity index (χ2n) is 4.95. The maximum atomic E-state index is 12.5. The normalized spacial score (nSPS) is 11.5. The van der Waals surface area contributed by atoms with Crippen LogP contribution in [0.2, 0.25) is 0 Å². The monoisotopic (exact) mass is 318 g/mol. The fourth-order valence-electron chi connectivity index (χ4n) is 2.79. The van der Waals surface area contributed by atoms with E-state index in [1.807, 2.05) is 64.1 Å². The second kappa shape index (κ2) is 7.69. The molecule has 0 saturated heterocycles. The molecule has 1 aliphatic rings. The van der Waals surface area contributed by atoms with Crippen molar-refractivity contribution >= 4 is 22.3 Å². The van der Waals surface area contributed by atoms with Crippen LogP contribution in [0, 0.1) is 0 Å². The van der Waals surface area contributed by atoms with Crippen molar-refractivity contribution in [3.63, 3.8) is 0 Å². The first-order valence-corrected chi connectivity index (χ1v) is 8.47. The number of hydrogen-bond donors (Lipinski definition) is 0. The van der Waals surface area contributed by atoms with Crippen molar-refractivity contribution in [2.75, 3.05) is 0 Å². The SMILES string of the molecule is CC.CC.O=C1c2ccccc2C(=O)c2cc3ccccc3cc21. The lowest BCUT2D eigenvalue weighted by Gasteiger charge is -2.17. The van der Waals surface area contributed by atoms with Gasteiger partial charge < -0.3 is 0 Å². The molecule has 0 radical (unpaired) electrons. The molecule has 0 heterocycles. The van der Waals surface area contributed by atoms with Gasteiger partial charge >= 0.3 is 0 Å². The van der Waals surface area contributed by atoms with E-state index in [-0.39, 0.29) is 11.6 Å². The van der Waals surface area contributed by atoms with Crippen molar-refractivity contribution in [3.8, 4) is 0 Å². The van der Waals surface area contributed by atoms with Crippen molar-refractivity contribution in [1.29, 1.82) is 0 Å². The fraction of sp³-hybridized carbons (Fsp3) is 0.182. The number of carbonyl (C=O) groups is 2. The minimum absolute atomic E-state index is 0.0686. The van der Waals surface area contributed by atoms with E-state index in [4.69, 9.17) is 0 Å². The van der Waals surface area contributed by atoms with E-state index < -0.39 is 0 Å². The molecule has 0 amide bonds. The molecule has 0 unspecified atom stereocenters. The van der Waals surface area contributed by atoms with E-state index in [1.165, 1.54) is 0 Å². The van der Waals surface area contributed by atoms with Gasteiger partial charge in [0.2, 0.25) is 0 Å². The minimum Gasteiger partial charge on any atom is -0.289 e. The summed E-state index contributed by atoms with van der Waals surface area (Å²) in [5.74, 6) is -0.137. The van der Waals surface area contributed by atoms with Gasteiger partial charge in [0, 0.05) is 22.3 Å². The van der Waals surface area contributed by atoms with Crippen LogP contribution in [0.1, 0.15) is 59.5 Å². The average molecular weight is 318 g/mol. The van der Waals surface area contributed by atoms with E-state index in [0.29, 0.717) is 22.3 Å². The van der Waals surface area contributed by atoms with E-state index in [9.17, 15) is 9.59 Å². The number of rotatable bonds is 0. The molecular weight excluding hydrogens is 296 g/mol. The number of fused-ring (bicyclic) bond motifs is 3. The quantitative estimate of drug-likeness (QED) is 0.419. The molecule has 122 valence electrons. The van der Waals surface area contributed by atoms with Gasteiger partial charge in [-0.25, -0.2) is 0 Å². The van der Waals surface area contributed by atoms with Gasteiger partial charge in [-0.05, 0) is 22.9 Å². The largest absolute Gasteiger partial charge is 0.289 e. The maximum absolute atomic E-state index is 12.5. The molecular formula is C22H22O2. The number of benzene rings is 3. The second-order valence-corrected chi connectivity index (χ2v) is 4.95. The molecule has 3 aromatic carbocycles. The summed E-state index contributed by atoms with van der Waals surface area (Å²) < 4.78 is 0. The van der Waals surface area contributed by atoms with Gasteiger partial charge in [-0.1, -0.05) is 76.2 Å². The molecule has 1 aliphatic carbocycles. The van der Waals surface area contributed by atoms with Crippen molar-refractivity contribution in [3.05, 3.63) is 82.9 Å². The van der Waals surface area contributed by atoms with Crippen molar-refractivity contribution in [2.45, 2.75) is 27.7 Å². The standard InChI is InChI=1S/C18H10O2.2C2H6/c19-17-13-7-3-4-8-14(13)18(20)16-10-12-6-2-1-5-11(12)9-15(16)17;2*1-2/h1-10H;2*1-2H3. The summed E-state index contributed by atoms with van der Waals surface area (Å²) in [6.45, 7) is 8.00. The smallest absolute Gasteiger partial charge is 0.194 e. The molecule has 0 bridgehead atoms. The lowest BCUT2D eigenvalue weighted by atomic mass is 9.83. The van der Waals surface area contributed by atoms with Crippen LogP contribution in [0.25, 0.3) is 10.8 Å². The van der Waals surface area contributed by atoms with Crippen LogP contribution in [0.5, 0.6) is 0 Å². The zero-order chi connectivity index (χ0) is 17.7. The van der Waals surface area contributed by atoms with Crippen molar-refractivity contribution in [2.24, 2.45) is 0 Å². The van der Waals surface area contributed by atoms with Gasteiger partial charge in [0.05, 0.1) is 0 Å². The Kier molecular flexibility index (Phi) is 5.64. The molecule has 2 heteroatoms. The Bertz CT molecular complexity index is 818. The van der Waals surface area contributed by atoms with E-state index in [2.05, 4.69) is 0 Å². The summed E-state index contributed by atoms with van der Waals surface area (Å²) >= 11 is 0. The van der Waals surface area contributed by atoms with Gasteiger partial charge in [-0.15, -0.1) is 0 Å². The molecule has 3 aromatic rings. The third kappa shape index (κ3) is 2.88. The molecule has 0 atom stereocenters. The Morgan fingerprint density at radius 3 is 1.21 bits per heavy atom. The van der Waals surface area contributed by atoms with Crippen LogP contribution >= 0.6 is 0 Å². The first-order chi connectivity index (χ1) is 11.8. The zero-order valence-corrected chi connectivity index (χ0v) is 14.6. The lowest BCUT2D eigenvalue weighted by molar-refractivity contribution is 0.0979. The molecule has 24 heavy (non-hydrogen) atoms. The lowest BCUT2D eigenvalue weighted by Crippen LogP contribution is -2.20. The Hall–Kier alpha value is -2.74. The topological polar surface area (TPSA) is 34.1 Å². The summed E-state index contributed by atoms with van der Waals surface area (Å²) in [5, 5.41) is 1.96. The Morgan fingerprint density at radius 2 is 0.833 bits per heavy atom. The molecule has 0 spiro atoms. The predicted octanol–water partition coefficient (Wildman–Crippen LogP) is 5.67. The molecule has 0 fully saturated rings. The van der Waals surface area contributed by atoms with Gasteiger partial charge in [-0.3, -0.25) is 9.59 Å². The van der Waals surface area contributed by atoms with Crippen LogP contribution in [0.4, 0.5) is 0 Å². The number of ketones is 2. The molecule has 0 N–H and O–H groups in total. The van der Waals surface area contributed by atoms with E-state index >= 15 is 0 Å². The molecule has 0 aromatic heterocycles. The first-order valence-electron chi connectivity index (χ1n) is 8.47. The molecule has 0 aliphatic heterocycles. The van der Waals surface area contributed by atoms with Gasteiger partial charge in [0.25, 0.3) is 0 Å². The molecule has 0 saturated carbocycles. The highest BCUT2D eigenvalue weighted by molar-refractivity contribution is 6.29. The first kappa shape index (κ1) is 17.6. The Balaban J connectivity index is 0.000000487. The van der Waals surface area contributed by atoms with Crippen LogP contribution in [-0.4, -0.2) is 11.6 Å². The van der Waals surface area contributed by atoms with Crippen LogP contribution in [0.15, 0.2) is 60.7 Å². The van der Waals surface area contributed by atoms with Crippen molar-refractivity contribution in [1.82, 2.24) is 0 Å². The van der Waals surface area contributed by atoms with Gasteiger partial charge in [0.1, 0.15) is 0 Å². The van der Waals surface area contributed by atoms with Crippen LogP contribution in [-0.2, 0) is 0 Å². The summed E-state index contributed by atoms with van der Waals surface area (Å²) in [7, 11) is 0. The zero-order valence-electron chi connectivity index (χ0n) is 14.6. The summed E-state index contributed by atoms with van der Waals surface area (Å²) in [6, 6.07) is 18.4. The summed E-state index contributed by atoms with van der Waals surface area (Å²) in [5.41, 5.74) is 2.01. The Morgan fingerprint density at radius 1 is 0.500 bits per heavy atom. The minimum atomic E-state index is -0.0686. The highest BCUT2D eigenvalue weighted by Crippen LogP contribution is 2.30. The number of carbonyl (C=O) groups excluding carboxylic acids is 2. The maximum Gasteiger partial charge on any atom is 0.194 e. The predicted molar refractivity (Wildman–Crippen MR) is 100.0 cm³/mol. The third-order valence-corrected chi connectivity index (χ3v) is 3.79. The Labute approximate surface area is 143 Å². The van der Waals surface area contributed by atoms with Crippen molar-refractivity contribution < 1.29 is 9.59 Å². The molecule has 4 rings (SSSR count). The number of hydrogen-bond acceptors (Lipinski definition) is 2. The molecule has 2 nitrogen and oxygen atoms in total. The summed E-state index contributed by atoms with van der Waals surface area (Å²) in [6.07, 6.45) is 0. The average Bonchev–Trinajstić information content (AvgIpc) is 2.68. The third-order valence-electron chi connectivity index (χ3n) is 3.79. The summed E-state index contributed by atoms with van der Waals surface area (Å²) in [4.78, 5) is 25.1. The van der Waals surface area contributed by atoms with Gasteiger partial charge in [0.15, 0.2) is 11.6 Å². The fourth-order valence-corrected chi connectivity index (χ4v) is 2.79. The highest BCUT2D eigenvalue weighted by atomic mass is 16.1. The highest BCUT2D eigenvalue weighted by Gasteiger charge is 2.29. The van der Waals surface area contributed by atoms with Crippen LogP contribution in [0.3, 0.4) is 0 Å². The van der Waals surface area contributed by atoms with Gasteiger partial charge in [-0.2, -0.15) is 0 Å². The van der Waals surface area contributed by atoms with Crippen LogP contribution < -0.4 is 0 Å². The van der Waals surface area contributed by atoms with E-state index in [1.54, 1.807) is 24.3 Å². The van der Waals surface area contributed by atoms with E-state index in [0.717, 1.165) is 10.8 Å².